The molecule has 5 atom stereocenters. The van der Waals surface area contributed by atoms with Crippen molar-refractivity contribution in [2.45, 2.75) is 36.1 Å². The first-order valence-corrected chi connectivity index (χ1v) is 15.9. The molecule has 228 valence electrons. The molecule has 1 aromatic heterocycles. The zero-order valence-corrected chi connectivity index (χ0v) is 25.2. The van der Waals surface area contributed by atoms with Gasteiger partial charge in [0.15, 0.2) is 0 Å². The minimum atomic E-state index is -0.931. The standard InChI is InChI=1S/C32H34N6O5S/c1-2-43-22-13-11-21(12-14-22)36-17-5-10-25-26(29(36)40)27-30(41)37(18-7-19-39)28-31(42)35(16-6-15-32(27,28)44-25)20-38-24-9-4-3-8-23(24)33-34-38/h3-6,8-15,25-28,39H,2,7,16-20H2,1H3/t25-,26+,27-,28?,32-/m0/s1. The van der Waals surface area contributed by atoms with Crippen LogP contribution in [0.25, 0.3) is 11.0 Å². The number of carbonyl (C=O) groups is 3. The number of amides is 3. The van der Waals surface area contributed by atoms with Gasteiger partial charge in [0.2, 0.25) is 17.7 Å². The predicted molar refractivity (Wildman–Crippen MR) is 166 cm³/mol. The smallest absolute Gasteiger partial charge is 0.248 e. The van der Waals surface area contributed by atoms with Crippen molar-refractivity contribution in [1.82, 2.24) is 24.8 Å². The zero-order valence-electron chi connectivity index (χ0n) is 24.4. The van der Waals surface area contributed by atoms with Crippen molar-refractivity contribution in [2.75, 3.05) is 37.7 Å². The lowest BCUT2D eigenvalue weighted by molar-refractivity contribution is -0.143. The van der Waals surface area contributed by atoms with Crippen molar-refractivity contribution in [2.24, 2.45) is 11.8 Å². The van der Waals surface area contributed by atoms with Crippen LogP contribution in [0.15, 0.2) is 72.8 Å². The Morgan fingerprint density at radius 2 is 1.84 bits per heavy atom. The van der Waals surface area contributed by atoms with Gasteiger partial charge in [-0.25, -0.2) is 4.68 Å². The molecule has 1 N–H and O–H groups in total. The average molecular weight is 615 g/mol. The number of aliphatic hydroxyl groups is 1. The van der Waals surface area contributed by atoms with E-state index in [-0.39, 0.29) is 42.8 Å². The van der Waals surface area contributed by atoms with Crippen molar-refractivity contribution in [3.63, 3.8) is 0 Å². The number of aliphatic hydroxyl groups excluding tert-OH is 1. The van der Waals surface area contributed by atoms with Crippen LogP contribution >= 0.6 is 11.8 Å². The third-order valence-corrected chi connectivity index (χ3v) is 10.7. The number of hydrogen-bond donors (Lipinski definition) is 1. The van der Waals surface area contributed by atoms with Crippen LogP contribution in [0.1, 0.15) is 13.3 Å². The molecule has 4 aliphatic heterocycles. The Morgan fingerprint density at radius 3 is 2.64 bits per heavy atom. The van der Waals surface area contributed by atoms with Gasteiger partial charge in [0.1, 0.15) is 24.0 Å². The van der Waals surface area contributed by atoms with Gasteiger partial charge in [0.25, 0.3) is 0 Å². The molecule has 7 rings (SSSR count). The molecule has 1 spiro atoms. The first-order chi connectivity index (χ1) is 21.5. The van der Waals surface area contributed by atoms with Gasteiger partial charge in [-0.05, 0) is 49.7 Å². The summed E-state index contributed by atoms with van der Waals surface area (Å²) in [4.78, 5) is 48.3. The molecule has 3 aromatic rings. The molecule has 2 aromatic carbocycles. The molecule has 12 heteroatoms. The van der Waals surface area contributed by atoms with Crippen LogP contribution < -0.4 is 9.64 Å². The van der Waals surface area contributed by atoms with Gasteiger partial charge in [0, 0.05) is 37.2 Å². The Balaban J connectivity index is 1.24. The van der Waals surface area contributed by atoms with Crippen molar-refractivity contribution in [3.05, 3.63) is 72.8 Å². The second-order valence-corrected chi connectivity index (χ2v) is 12.9. The summed E-state index contributed by atoms with van der Waals surface area (Å²) in [5.74, 6) is -1.21. The van der Waals surface area contributed by atoms with Gasteiger partial charge in [-0.2, -0.15) is 0 Å². The predicted octanol–water partition coefficient (Wildman–Crippen LogP) is 2.47. The second kappa shape index (κ2) is 11.4. The highest BCUT2D eigenvalue weighted by Crippen LogP contribution is 2.61. The van der Waals surface area contributed by atoms with E-state index in [1.54, 1.807) is 31.1 Å². The molecule has 0 radical (unpaired) electrons. The van der Waals surface area contributed by atoms with E-state index in [0.29, 0.717) is 26.1 Å². The van der Waals surface area contributed by atoms with Gasteiger partial charge < -0.3 is 24.5 Å². The number of benzene rings is 2. The lowest BCUT2D eigenvalue weighted by Crippen LogP contribution is -2.53. The fourth-order valence-electron chi connectivity index (χ4n) is 7.10. The van der Waals surface area contributed by atoms with Crippen LogP contribution in [0.4, 0.5) is 5.69 Å². The third kappa shape index (κ3) is 4.50. The molecule has 11 nitrogen and oxygen atoms in total. The number of rotatable bonds is 8. The number of ether oxygens (including phenoxy) is 1. The fourth-order valence-corrected chi connectivity index (χ4v) is 9.10. The van der Waals surface area contributed by atoms with Gasteiger partial charge in [0.05, 0.1) is 28.7 Å². The first kappa shape index (κ1) is 28.6. The average Bonchev–Trinajstić information content (AvgIpc) is 3.58. The molecule has 44 heavy (non-hydrogen) atoms. The van der Waals surface area contributed by atoms with Crippen LogP contribution in [0, 0.1) is 11.8 Å². The summed E-state index contributed by atoms with van der Waals surface area (Å²) in [6.45, 7) is 3.47. The van der Waals surface area contributed by atoms with Crippen molar-refractivity contribution < 1.29 is 24.2 Å². The van der Waals surface area contributed by atoms with Gasteiger partial charge in [-0.1, -0.05) is 41.7 Å². The summed E-state index contributed by atoms with van der Waals surface area (Å²) in [6.07, 6.45) is 8.29. The molecule has 3 amide bonds. The number of aromatic nitrogens is 3. The van der Waals surface area contributed by atoms with Gasteiger partial charge in [-0.3, -0.25) is 14.4 Å². The number of hydrogen-bond acceptors (Lipinski definition) is 8. The molecule has 2 saturated heterocycles. The SMILES string of the molecule is CCOc1ccc(N2CC=C[C@@H]3S[C@]45C=CCN(Cn6nnc7ccccc76)C(=O)C4N(CCCO)C(=O)[C@@H]5[C@@H]3C2=O)cc1. The quantitative estimate of drug-likeness (QED) is 0.385. The Kier molecular flexibility index (Phi) is 7.41. The molecule has 0 saturated carbocycles. The number of carbonyl (C=O) groups excluding carboxylic acids is 3. The molecule has 4 aliphatic rings. The topological polar surface area (TPSA) is 121 Å². The molecule has 0 aliphatic carbocycles. The summed E-state index contributed by atoms with van der Waals surface area (Å²) >= 11 is 1.54. The first-order valence-electron chi connectivity index (χ1n) is 15.0. The van der Waals surface area contributed by atoms with Crippen LogP contribution in [0.2, 0.25) is 0 Å². The summed E-state index contributed by atoms with van der Waals surface area (Å²) < 4.78 is 6.35. The van der Waals surface area contributed by atoms with Crippen LogP contribution in [0.5, 0.6) is 5.75 Å². The van der Waals surface area contributed by atoms with E-state index in [4.69, 9.17) is 4.74 Å². The van der Waals surface area contributed by atoms with Gasteiger partial charge in [-0.15, -0.1) is 16.9 Å². The van der Waals surface area contributed by atoms with E-state index in [1.807, 2.05) is 79.8 Å². The molecular weight excluding hydrogens is 580 g/mol. The van der Waals surface area contributed by atoms with Crippen LogP contribution in [0.3, 0.4) is 0 Å². The maximum absolute atomic E-state index is 14.5. The molecule has 0 bridgehead atoms. The Bertz CT molecular complexity index is 1660. The lowest BCUT2D eigenvalue weighted by Gasteiger charge is -2.35. The fraction of sp³-hybridized carbons (Fsp3) is 0.406. The number of para-hydroxylation sites is 1. The normalized spacial score (nSPS) is 27.9. The summed E-state index contributed by atoms with van der Waals surface area (Å²) in [7, 11) is 0. The van der Waals surface area contributed by atoms with E-state index in [0.717, 1.165) is 22.5 Å². The zero-order chi connectivity index (χ0) is 30.4. The molecule has 1 unspecified atom stereocenters. The molecular formula is C32H34N6O5S. The molecule has 2 fully saturated rings. The largest absolute Gasteiger partial charge is 0.494 e. The highest BCUT2D eigenvalue weighted by atomic mass is 32.2. The van der Waals surface area contributed by atoms with Crippen molar-refractivity contribution >= 4 is 46.2 Å². The van der Waals surface area contributed by atoms with Crippen LogP contribution in [-0.4, -0.2) is 96.5 Å². The van der Waals surface area contributed by atoms with Crippen LogP contribution in [-0.2, 0) is 21.1 Å². The van der Waals surface area contributed by atoms with E-state index >= 15 is 0 Å². The minimum absolute atomic E-state index is 0.112. The highest BCUT2D eigenvalue weighted by molar-refractivity contribution is 8.02. The van der Waals surface area contributed by atoms with E-state index in [2.05, 4.69) is 10.3 Å². The van der Waals surface area contributed by atoms with E-state index in [1.165, 1.54) is 0 Å². The monoisotopic (exact) mass is 614 g/mol. The number of fused-ring (bicyclic) bond motifs is 3. The Morgan fingerprint density at radius 1 is 1.02 bits per heavy atom. The number of likely N-dealkylation sites (tertiary alicyclic amines) is 1. The molecule has 5 heterocycles. The maximum atomic E-state index is 14.5. The highest BCUT2D eigenvalue weighted by Gasteiger charge is 2.71. The third-order valence-electron chi connectivity index (χ3n) is 8.98. The van der Waals surface area contributed by atoms with Crippen molar-refractivity contribution in [3.8, 4) is 5.75 Å². The summed E-state index contributed by atoms with van der Waals surface area (Å²) in [6, 6.07) is 14.2. The summed E-state index contributed by atoms with van der Waals surface area (Å²) in [5, 5.41) is 17.9. The lowest BCUT2D eigenvalue weighted by atomic mass is 9.78. The number of anilines is 1. The second-order valence-electron chi connectivity index (χ2n) is 11.4. The Hall–Kier alpha value is -4.16. The Labute approximate surface area is 259 Å². The van der Waals surface area contributed by atoms with E-state index < -0.39 is 22.6 Å². The maximum Gasteiger partial charge on any atom is 0.248 e. The van der Waals surface area contributed by atoms with Crippen molar-refractivity contribution in [1.29, 1.82) is 0 Å². The van der Waals surface area contributed by atoms with E-state index in [9.17, 15) is 19.5 Å². The van der Waals surface area contributed by atoms with Gasteiger partial charge >= 0.3 is 0 Å². The number of thioether (sulfide) groups is 1. The minimum Gasteiger partial charge on any atom is -0.494 e. The number of nitrogens with zero attached hydrogens (tertiary/aromatic N) is 6. The summed E-state index contributed by atoms with van der Waals surface area (Å²) in [5.41, 5.74) is 2.27.